The Morgan fingerprint density at radius 1 is 0.600 bits per heavy atom. The van der Waals surface area contributed by atoms with E-state index in [0.717, 1.165) is 57.8 Å². The van der Waals surface area contributed by atoms with Gasteiger partial charge < -0.3 is 9.66 Å². The summed E-state index contributed by atoms with van der Waals surface area (Å²) in [5.41, 5.74) is 0. The van der Waals surface area contributed by atoms with Gasteiger partial charge in [-0.1, -0.05) is 117 Å². The summed E-state index contributed by atoms with van der Waals surface area (Å²) in [5, 5.41) is 9.00. The summed E-state index contributed by atoms with van der Waals surface area (Å²) in [7, 11) is -4.19. The number of aliphatic hydroxyl groups excluding tert-OH is 1. The van der Waals surface area contributed by atoms with E-state index < -0.39 is 15.4 Å². The molecule has 0 spiro atoms. The van der Waals surface area contributed by atoms with Gasteiger partial charge in [0.05, 0.1) is 16.2 Å². The molecule has 0 saturated carbocycles. The van der Waals surface area contributed by atoms with Crippen molar-refractivity contribution >= 4 is 10.1 Å². The predicted octanol–water partition coefficient (Wildman–Crippen LogP) is 4.11. The van der Waals surface area contributed by atoms with Gasteiger partial charge in [0.15, 0.2) is 0 Å². The van der Waals surface area contributed by atoms with Crippen molar-refractivity contribution in [2.24, 2.45) is 0 Å². The first kappa shape index (κ1) is 33.0. The van der Waals surface area contributed by atoms with Crippen LogP contribution >= 0.6 is 0 Å². The Morgan fingerprint density at radius 3 is 1.37 bits per heavy atom. The van der Waals surface area contributed by atoms with Crippen molar-refractivity contribution in [3.05, 3.63) is 0 Å². The molecule has 0 aromatic rings. The minimum absolute atomic E-state index is 0. The van der Waals surface area contributed by atoms with Gasteiger partial charge in [-0.25, -0.2) is 8.42 Å². The molecule has 0 heterocycles. The van der Waals surface area contributed by atoms with Crippen LogP contribution in [0.4, 0.5) is 0 Å². The van der Waals surface area contributed by atoms with Crippen molar-refractivity contribution < 1.29 is 47.6 Å². The number of hydrogen-bond donors (Lipinski definition) is 1. The molecule has 0 radical (unpaired) electrons. The Bertz CT molecular complexity index is 442. The summed E-state index contributed by atoms with van der Waals surface area (Å²) in [6, 6.07) is 0. The summed E-state index contributed by atoms with van der Waals surface area (Å²) in [4.78, 5) is 0. The van der Waals surface area contributed by atoms with Crippen molar-refractivity contribution in [2.45, 2.75) is 154 Å². The first-order valence-corrected chi connectivity index (χ1v) is 14.0. The molecule has 1 N–H and O–H groups in total. The number of aliphatic hydroxyl groups is 1. The van der Waals surface area contributed by atoms with E-state index in [-0.39, 0.29) is 35.7 Å². The molecule has 0 aliphatic heterocycles. The van der Waals surface area contributed by atoms with Gasteiger partial charge in [-0.2, -0.15) is 0 Å². The van der Waals surface area contributed by atoms with Crippen LogP contribution < -0.4 is 29.6 Å². The topological polar surface area (TPSA) is 77.4 Å². The van der Waals surface area contributed by atoms with Crippen LogP contribution in [0.5, 0.6) is 0 Å². The van der Waals surface area contributed by atoms with Crippen LogP contribution in [0.3, 0.4) is 0 Å². The molecule has 4 nitrogen and oxygen atoms in total. The fraction of sp³-hybridized carbons (Fsp3) is 1.00. The van der Waals surface area contributed by atoms with E-state index in [1.54, 1.807) is 0 Å². The summed E-state index contributed by atoms with van der Waals surface area (Å²) in [5.74, 6) is 0. The van der Waals surface area contributed by atoms with Crippen molar-refractivity contribution in [2.75, 3.05) is 0 Å². The molecule has 6 heteroatoms. The van der Waals surface area contributed by atoms with E-state index in [1.165, 1.54) is 57.8 Å². The SMILES string of the molecule is CCCCCCCCCCCCCCC(CCCCCC(O)CCC)S(=O)(=O)[O-].[Na+]. The van der Waals surface area contributed by atoms with Crippen LogP contribution in [-0.2, 0) is 10.1 Å². The second-order valence-corrected chi connectivity index (χ2v) is 10.5. The first-order valence-electron chi connectivity index (χ1n) is 12.5. The maximum Gasteiger partial charge on any atom is 1.00 e. The fourth-order valence-corrected chi connectivity index (χ4v) is 4.96. The van der Waals surface area contributed by atoms with Crippen molar-refractivity contribution in [1.82, 2.24) is 0 Å². The molecule has 0 saturated heterocycles. The Morgan fingerprint density at radius 2 is 0.967 bits per heavy atom. The molecule has 0 fully saturated rings. The summed E-state index contributed by atoms with van der Waals surface area (Å²) in [6.45, 7) is 4.30. The van der Waals surface area contributed by atoms with E-state index in [0.29, 0.717) is 12.8 Å². The minimum atomic E-state index is -4.19. The van der Waals surface area contributed by atoms with Crippen LogP contribution in [0.25, 0.3) is 0 Å². The molecular formula is C24H49NaO4S. The Balaban J connectivity index is 0. The maximum atomic E-state index is 11.5. The Kier molecular flexibility index (Phi) is 25.4. The van der Waals surface area contributed by atoms with Crippen molar-refractivity contribution in [3.8, 4) is 0 Å². The zero-order chi connectivity index (χ0) is 21.8. The number of hydrogen-bond acceptors (Lipinski definition) is 4. The zero-order valence-corrected chi connectivity index (χ0v) is 23.2. The minimum Gasteiger partial charge on any atom is -0.748 e. The van der Waals surface area contributed by atoms with E-state index in [1.807, 2.05) is 0 Å². The summed E-state index contributed by atoms with van der Waals surface area (Å²) in [6.07, 6.45) is 20.9. The molecule has 0 bridgehead atoms. The third kappa shape index (κ3) is 22.1. The molecule has 0 aromatic heterocycles. The van der Waals surface area contributed by atoms with Crippen LogP contribution in [0, 0.1) is 0 Å². The molecule has 0 rings (SSSR count). The molecule has 2 unspecified atom stereocenters. The van der Waals surface area contributed by atoms with E-state index in [4.69, 9.17) is 0 Å². The second kappa shape index (κ2) is 23.0. The third-order valence-electron chi connectivity index (χ3n) is 5.97. The Labute approximate surface area is 210 Å². The molecular weight excluding hydrogens is 407 g/mol. The fourth-order valence-electron chi connectivity index (χ4n) is 4.05. The molecule has 176 valence electrons. The van der Waals surface area contributed by atoms with Crippen LogP contribution in [-0.4, -0.2) is 29.4 Å². The van der Waals surface area contributed by atoms with Gasteiger partial charge in [0.1, 0.15) is 0 Å². The Hall–Kier alpha value is 0.870. The van der Waals surface area contributed by atoms with Gasteiger partial charge in [0.25, 0.3) is 0 Å². The van der Waals surface area contributed by atoms with E-state index in [9.17, 15) is 18.1 Å². The predicted molar refractivity (Wildman–Crippen MR) is 123 cm³/mol. The van der Waals surface area contributed by atoms with Crippen LogP contribution in [0.2, 0.25) is 0 Å². The molecule has 0 aliphatic rings. The molecule has 0 aliphatic carbocycles. The van der Waals surface area contributed by atoms with Gasteiger partial charge in [0.2, 0.25) is 0 Å². The normalized spacial score (nSPS) is 13.7. The van der Waals surface area contributed by atoms with Gasteiger partial charge in [-0.05, 0) is 25.7 Å². The smallest absolute Gasteiger partial charge is 0.748 e. The van der Waals surface area contributed by atoms with Crippen LogP contribution in [0.1, 0.15) is 142 Å². The zero-order valence-electron chi connectivity index (χ0n) is 20.4. The molecule has 0 amide bonds. The quantitative estimate of drug-likeness (QED) is 0.151. The third-order valence-corrected chi connectivity index (χ3v) is 7.26. The van der Waals surface area contributed by atoms with Gasteiger partial charge in [-0.15, -0.1) is 0 Å². The number of unbranched alkanes of at least 4 members (excludes halogenated alkanes) is 13. The summed E-state index contributed by atoms with van der Waals surface area (Å²) >= 11 is 0. The average Bonchev–Trinajstić information content (AvgIpc) is 2.66. The standard InChI is InChI=1S/C24H50O4S.Na/c1-3-5-6-7-8-9-10-11-12-13-14-17-21-24(29(26,27)28)22-18-15-16-20-23(25)19-4-2;/h23-25H,3-22H2,1-2H3,(H,26,27,28);/q;+1/p-1. The van der Waals surface area contributed by atoms with Gasteiger partial charge >= 0.3 is 29.6 Å². The molecule has 0 aromatic carbocycles. The maximum absolute atomic E-state index is 11.5. The van der Waals surface area contributed by atoms with Gasteiger partial charge in [-0.3, -0.25) is 0 Å². The molecule has 30 heavy (non-hydrogen) atoms. The second-order valence-electron chi connectivity index (χ2n) is 8.87. The first-order chi connectivity index (χ1) is 13.9. The molecule has 2 atom stereocenters. The number of rotatable bonds is 22. The van der Waals surface area contributed by atoms with E-state index in [2.05, 4.69) is 13.8 Å². The van der Waals surface area contributed by atoms with Gasteiger partial charge in [0, 0.05) is 5.25 Å². The summed E-state index contributed by atoms with van der Waals surface area (Å²) < 4.78 is 34.6. The van der Waals surface area contributed by atoms with Crippen molar-refractivity contribution in [3.63, 3.8) is 0 Å². The monoisotopic (exact) mass is 456 g/mol. The largest absolute Gasteiger partial charge is 1.00 e. The van der Waals surface area contributed by atoms with Crippen LogP contribution in [0.15, 0.2) is 0 Å². The van der Waals surface area contributed by atoms with Crippen molar-refractivity contribution in [1.29, 1.82) is 0 Å². The van der Waals surface area contributed by atoms with E-state index >= 15 is 0 Å². The average molecular weight is 457 g/mol.